The molecule has 25 heavy (non-hydrogen) atoms. The monoisotopic (exact) mass is 376 g/mol. The van der Waals surface area contributed by atoms with E-state index >= 15 is 0 Å². The summed E-state index contributed by atoms with van der Waals surface area (Å²) in [5.41, 5.74) is 1.22. The number of hydrogen-bond donors (Lipinski definition) is 0. The molecule has 1 aromatic heterocycles. The van der Waals surface area contributed by atoms with Crippen LogP contribution in [0.25, 0.3) is 10.2 Å². The van der Waals surface area contributed by atoms with Crippen LogP contribution in [0.4, 0.5) is 0 Å². The first-order chi connectivity index (χ1) is 11.9. The molecule has 0 amide bonds. The van der Waals surface area contributed by atoms with Gasteiger partial charge in [-0.1, -0.05) is 29.5 Å². The second-order valence-electron chi connectivity index (χ2n) is 5.23. The molecule has 0 aliphatic heterocycles. The van der Waals surface area contributed by atoms with Gasteiger partial charge in [0.1, 0.15) is 0 Å². The summed E-state index contributed by atoms with van der Waals surface area (Å²) in [5.74, 6) is -0.407. The van der Waals surface area contributed by atoms with Crippen molar-refractivity contribution >= 4 is 37.5 Å². The lowest BCUT2D eigenvalue weighted by Gasteiger charge is -2.01. The van der Waals surface area contributed by atoms with Gasteiger partial charge < -0.3 is 9.30 Å². The zero-order valence-electron chi connectivity index (χ0n) is 13.7. The molecule has 0 saturated heterocycles. The van der Waals surface area contributed by atoms with Gasteiger partial charge >= 0.3 is 5.97 Å². The molecule has 0 atom stereocenters. The van der Waals surface area contributed by atoms with Gasteiger partial charge in [0.2, 0.25) is 4.80 Å². The summed E-state index contributed by atoms with van der Waals surface area (Å²) in [5, 5.41) is 0. The zero-order valence-corrected chi connectivity index (χ0v) is 15.3. The maximum atomic E-state index is 12.4. The fourth-order valence-corrected chi connectivity index (χ4v) is 4.62. The van der Waals surface area contributed by atoms with Crippen molar-refractivity contribution in [2.24, 2.45) is 11.4 Å². The van der Waals surface area contributed by atoms with Crippen molar-refractivity contribution < 1.29 is 17.9 Å². The highest BCUT2D eigenvalue weighted by atomic mass is 32.2. The fraction of sp³-hybridized carbons (Fsp3) is 0.176. The minimum atomic E-state index is -3.80. The standard InChI is InChI=1S/C17H16N2O4S2/c1-3-23-16(20)12-9-10-14-15(11-12)24-17(19(14)2)18-25(21,22)13-7-5-4-6-8-13/h4-11H,3H2,1-2H3. The van der Waals surface area contributed by atoms with Gasteiger partial charge in [-0.3, -0.25) is 0 Å². The van der Waals surface area contributed by atoms with Crippen LogP contribution in [-0.2, 0) is 21.8 Å². The normalized spacial score (nSPS) is 12.5. The molecule has 0 fully saturated rings. The van der Waals surface area contributed by atoms with E-state index in [1.807, 2.05) is 0 Å². The fourth-order valence-electron chi connectivity index (χ4n) is 2.31. The highest BCUT2D eigenvalue weighted by Gasteiger charge is 2.14. The predicted octanol–water partition coefficient (Wildman–Crippen LogP) is 2.71. The average Bonchev–Trinajstić information content (AvgIpc) is 2.90. The van der Waals surface area contributed by atoms with Crippen LogP contribution >= 0.6 is 11.3 Å². The molecule has 2 aromatic carbocycles. The summed E-state index contributed by atoms with van der Waals surface area (Å²) in [7, 11) is -2.06. The number of thiazole rings is 1. The SMILES string of the molecule is CCOC(=O)c1ccc2c(c1)sc(=NS(=O)(=O)c1ccccc1)n2C. The first-order valence-corrected chi connectivity index (χ1v) is 9.81. The van der Waals surface area contributed by atoms with Gasteiger partial charge in [0.05, 0.1) is 27.3 Å². The molecule has 8 heteroatoms. The molecule has 3 aromatic rings. The van der Waals surface area contributed by atoms with Crippen molar-refractivity contribution in [3.63, 3.8) is 0 Å². The van der Waals surface area contributed by atoms with Crippen LogP contribution in [0.1, 0.15) is 17.3 Å². The van der Waals surface area contributed by atoms with Gasteiger partial charge in [-0.25, -0.2) is 4.79 Å². The molecule has 0 N–H and O–H groups in total. The summed E-state index contributed by atoms with van der Waals surface area (Å²) in [4.78, 5) is 12.3. The van der Waals surface area contributed by atoms with Crippen molar-refractivity contribution in [3.8, 4) is 0 Å². The van der Waals surface area contributed by atoms with E-state index in [0.29, 0.717) is 17.0 Å². The van der Waals surface area contributed by atoms with E-state index in [1.54, 1.807) is 54.9 Å². The number of aromatic nitrogens is 1. The molecular weight excluding hydrogens is 360 g/mol. The first-order valence-electron chi connectivity index (χ1n) is 7.55. The van der Waals surface area contributed by atoms with E-state index in [0.717, 1.165) is 10.2 Å². The van der Waals surface area contributed by atoms with Crippen LogP contribution in [0.3, 0.4) is 0 Å². The number of carbonyl (C=O) groups excluding carboxylic acids is 1. The molecule has 6 nitrogen and oxygen atoms in total. The van der Waals surface area contributed by atoms with Gasteiger partial charge in [0.25, 0.3) is 10.0 Å². The van der Waals surface area contributed by atoms with Crippen molar-refractivity contribution in [1.29, 1.82) is 0 Å². The molecule has 1 heterocycles. The van der Waals surface area contributed by atoms with Crippen LogP contribution in [-0.4, -0.2) is 25.6 Å². The molecule has 130 valence electrons. The third kappa shape index (κ3) is 3.49. The Kier molecular flexibility index (Phi) is 4.73. The molecule has 0 aliphatic carbocycles. The lowest BCUT2D eigenvalue weighted by atomic mass is 10.2. The third-order valence-corrected chi connectivity index (χ3v) is 6.05. The largest absolute Gasteiger partial charge is 0.462 e. The number of carbonyl (C=O) groups is 1. The Hall–Kier alpha value is -2.45. The Bertz CT molecular complexity index is 1100. The van der Waals surface area contributed by atoms with Crippen LogP contribution in [0.2, 0.25) is 0 Å². The maximum absolute atomic E-state index is 12.4. The Morgan fingerprint density at radius 3 is 2.60 bits per heavy atom. The molecular formula is C17H16N2O4S2. The quantitative estimate of drug-likeness (QED) is 0.656. The number of ether oxygens (including phenoxy) is 1. The summed E-state index contributed by atoms with van der Waals surface area (Å²) < 4.78 is 36.3. The number of nitrogens with zero attached hydrogens (tertiary/aromatic N) is 2. The lowest BCUT2D eigenvalue weighted by Crippen LogP contribution is -2.13. The van der Waals surface area contributed by atoms with Crippen LogP contribution < -0.4 is 4.80 Å². The van der Waals surface area contributed by atoms with Gasteiger partial charge in [0.15, 0.2) is 0 Å². The number of esters is 1. The van der Waals surface area contributed by atoms with Gasteiger partial charge in [-0.15, -0.1) is 4.40 Å². The number of hydrogen-bond acceptors (Lipinski definition) is 5. The summed E-state index contributed by atoms with van der Waals surface area (Å²) in [6, 6.07) is 13.2. The smallest absolute Gasteiger partial charge is 0.338 e. The van der Waals surface area contributed by atoms with Crippen LogP contribution in [0.15, 0.2) is 57.8 Å². The molecule has 0 aliphatic rings. The Morgan fingerprint density at radius 2 is 1.92 bits per heavy atom. The number of aryl methyl sites for hydroxylation is 1. The predicted molar refractivity (Wildman–Crippen MR) is 95.9 cm³/mol. The summed E-state index contributed by atoms with van der Waals surface area (Å²) >= 11 is 1.20. The molecule has 0 saturated carbocycles. The van der Waals surface area contributed by atoms with Gasteiger partial charge in [-0.2, -0.15) is 8.42 Å². The van der Waals surface area contributed by atoms with Gasteiger partial charge in [-0.05, 0) is 37.3 Å². The Morgan fingerprint density at radius 1 is 1.20 bits per heavy atom. The highest BCUT2D eigenvalue weighted by Crippen LogP contribution is 2.20. The van der Waals surface area contributed by atoms with E-state index in [2.05, 4.69) is 4.40 Å². The molecule has 0 bridgehead atoms. The topological polar surface area (TPSA) is 77.7 Å². The summed E-state index contributed by atoms with van der Waals surface area (Å²) in [6.07, 6.45) is 0. The summed E-state index contributed by atoms with van der Waals surface area (Å²) in [6.45, 7) is 2.04. The van der Waals surface area contributed by atoms with E-state index in [4.69, 9.17) is 4.74 Å². The lowest BCUT2D eigenvalue weighted by molar-refractivity contribution is 0.0526. The highest BCUT2D eigenvalue weighted by molar-refractivity contribution is 7.90. The van der Waals surface area contributed by atoms with E-state index < -0.39 is 16.0 Å². The number of sulfonamides is 1. The molecule has 3 rings (SSSR count). The van der Waals surface area contributed by atoms with Crippen LogP contribution in [0.5, 0.6) is 0 Å². The maximum Gasteiger partial charge on any atom is 0.338 e. The number of rotatable bonds is 4. The minimum absolute atomic E-state index is 0.139. The van der Waals surface area contributed by atoms with Crippen molar-refractivity contribution in [1.82, 2.24) is 4.57 Å². The zero-order chi connectivity index (χ0) is 18.0. The first kappa shape index (κ1) is 17.4. The minimum Gasteiger partial charge on any atom is -0.462 e. The average molecular weight is 376 g/mol. The third-order valence-electron chi connectivity index (χ3n) is 3.56. The molecule has 0 spiro atoms. The van der Waals surface area contributed by atoms with E-state index in [1.165, 1.54) is 23.5 Å². The van der Waals surface area contributed by atoms with E-state index in [-0.39, 0.29) is 4.90 Å². The molecule has 0 unspecified atom stereocenters. The second kappa shape index (κ2) is 6.81. The van der Waals surface area contributed by atoms with Gasteiger partial charge in [0, 0.05) is 7.05 Å². The van der Waals surface area contributed by atoms with Crippen molar-refractivity contribution in [2.75, 3.05) is 6.61 Å². The molecule has 0 radical (unpaired) electrons. The number of fused-ring (bicyclic) bond motifs is 1. The van der Waals surface area contributed by atoms with Crippen molar-refractivity contribution in [2.45, 2.75) is 11.8 Å². The van der Waals surface area contributed by atoms with Crippen LogP contribution in [0, 0.1) is 0 Å². The Balaban J connectivity index is 2.11. The second-order valence-corrected chi connectivity index (χ2v) is 7.84. The number of benzene rings is 2. The Labute approximate surface area is 149 Å². The van der Waals surface area contributed by atoms with Crippen molar-refractivity contribution in [3.05, 3.63) is 58.9 Å². The van der Waals surface area contributed by atoms with E-state index in [9.17, 15) is 13.2 Å².